The Kier molecular flexibility index (Phi) is 3.30. The van der Waals surface area contributed by atoms with Crippen LogP contribution in [-0.4, -0.2) is 62.7 Å². The number of aryl methyl sites for hydroxylation is 1. The van der Waals surface area contributed by atoms with E-state index in [2.05, 4.69) is 32.3 Å². The molecule has 0 aliphatic carbocycles. The number of hydrogen-bond acceptors (Lipinski definition) is 5. The van der Waals surface area contributed by atoms with Gasteiger partial charge >= 0.3 is 0 Å². The fourth-order valence-corrected chi connectivity index (χ4v) is 3.26. The highest BCUT2D eigenvalue weighted by Gasteiger charge is 2.35. The maximum absolute atomic E-state index is 4.40. The van der Waals surface area contributed by atoms with E-state index in [1.165, 1.54) is 45.3 Å². The molecule has 6 nitrogen and oxygen atoms in total. The van der Waals surface area contributed by atoms with Crippen LogP contribution in [-0.2, 0) is 7.05 Å². The molecule has 3 heterocycles. The van der Waals surface area contributed by atoms with E-state index in [0.29, 0.717) is 12.1 Å². The average molecular weight is 250 g/mol. The van der Waals surface area contributed by atoms with Crippen LogP contribution in [0.15, 0.2) is 0 Å². The number of piperidine rings is 1. The minimum atomic E-state index is 0.395. The molecule has 0 spiro atoms. The topological polar surface area (TPSA) is 50.1 Å². The molecule has 100 valence electrons. The fraction of sp³-hybridized carbons (Fsp3) is 0.917. The van der Waals surface area contributed by atoms with Crippen LogP contribution in [0.1, 0.15) is 37.5 Å². The van der Waals surface area contributed by atoms with Crippen molar-refractivity contribution in [3.63, 3.8) is 0 Å². The van der Waals surface area contributed by atoms with E-state index >= 15 is 0 Å². The maximum Gasteiger partial charge on any atom is 0.191 e. The van der Waals surface area contributed by atoms with Gasteiger partial charge in [0.15, 0.2) is 5.82 Å². The van der Waals surface area contributed by atoms with Crippen molar-refractivity contribution in [2.24, 2.45) is 7.05 Å². The van der Waals surface area contributed by atoms with E-state index in [4.69, 9.17) is 0 Å². The molecule has 18 heavy (non-hydrogen) atoms. The highest BCUT2D eigenvalue weighted by molar-refractivity contribution is 4.97. The molecule has 2 fully saturated rings. The smallest absolute Gasteiger partial charge is 0.191 e. The minimum Gasteiger partial charge on any atom is -0.306 e. The Morgan fingerprint density at radius 3 is 2.50 bits per heavy atom. The first kappa shape index (κ1) is 12.0. The standard InChI is InChI=1S/C12H22N6/c1-16-8-5-10(6-9-16)18-7-3-4-11(18)12-13-15-17(2)14-12/h10-11H,3-9H2,1-2H3. The van der Waals surface area contributed by atoms with Gasteiger partial charge in [0.25, 0.3) is 0 Å². The zero-order chi connectivity index (χ0) is 12.5. The molecule has 1 atom stereocenters. The van der Waals surface area contributed by atoms with Gasteiger partial charge in [0.1, 0.15) is 0 Å². The molecule has 2 saturated heterocycles. The monoisotopic (exact) mass is 250 g/mol. The largest absolute Gasteiger partial charge is 0.306 e. The lowest BCUT2D eigenvalue weighted by Gasteiger charge is -2.37. The number of aromatic nitrogens is 4. The summed E-state index contributed by atoms with van der Waals surface area (Å²) in [5.41, 5.74) is 0. The first-order valence-electron chi connectivity index (χ1n) is 6.92. The SMILES string of the molecule is CN1CCC(N2CCCC2c2nnn(C)n2)CC1. The lowest BCUT2D eigenvalue weighted by Crippen LogP contribution is -2.43. The van der Waals surface area contributed by atoms with Gasteiger partial charge in [-0.3, -0.25) is 4.90 Å². The van der Waals surface area contributed by atoms with Crippen molar-refractivity contribution in [1.29, 1.82) is 0 Å². The first-order valence-corrected chi connectivity index (χ1v) is 6.92. The van der Waals surface area contributed by atoms with Gasteiger partial charge in [-0.1, -0.05) is 0 Å². The molecule has 2 aliphatic rings. The molecule has 0 amide bonds. The quantitative estimate of drug-likeness (QED) is 0.762. The van der Waals surface area contributed by atoms with Crippen LogP contribution in [0, 0.1) is 0 Å². The molecule has 0 aromatic carbocycles. The average Bonchev–Trinajstić information content (AvgIpc) is 2.98. The Balaban J connectivity index is 1.71. The van der Waals surface area contributed by atoms with Crippen molar-refractivity contribution in [3.05, 3.63) is 5.82 Å². The predicted molar refractivity (Wildman–Crippen MR) is 68.0 cm³/mol. The second kappa shape index (κ2) is 4.93. The zero-order valence-corrected chi connectivity index (χ0v) is 11.3. The van der Waals surface area contributed by atoms with Crippen molar-refractivity contribution in [2.75, 3.05) is 26.7 Å². The Labute approximate surface area is 108 Å². The van der Waals surface area contributed by atoms with Crippen LogP contribution in [0.4, 0.5) is 0 Å². The normalized spacial score (nSPS) is 28.0. The van der Waals surface area contributed by atoms with Crippen LogP contribution in [0.5, 0.6) is 0 Å². The fourth-order valence-electron chi connectivity index (χ4n) is 3.26. The molecule has 0 bridgehead atoms. The van der Waals surface area contributed by atoms with Gasteiger partial charge in [-0.15, -0.1) is 10.2 Å². The van der Waals surface area contributed by atoms with E-state index in [0.717, 1.165) is 5.82 Å². The molecular weight excluding hydrogens is 228 g/mol. The highest BCUT2D eigenvalue weighted by atomic mass is 15.6. The van der Waals surface area contributed by atoms with Crippen molar-refractivity contribution in [1.82, 2.24) is 30.0 Å². The summed E-state index contributed by atoms with van der Waals surface area (Å²) in [6.07, 6.45) is 4.98. The first-order chi connectivity index (χ1) is 8.74. The van der Waals surface area contributed by atoms with Gasteiger partial charge in [0.2, 0.25) is 0 Å². The molecule has 6 heteroatoms. The van der Waals surface area contributed by atoms with Crippen LogP contribution >= 0.6 is 0 Å². The number of tetrazole rings is 1. The molecule has 0 radical (unpaired) electrons. The summed E-state index contributed by atoms with van der Waals surface area (Å²) < 4.78 is 0. The van der Waals surface area contributed by atoms with E-state index in [9.17, 15) is 0 Å². The lowest BCUT2D eigenvalue weighted by atomic mass is 10.0. The third-order valence-electron chi connectivity index (χ3n) is 4.27. The van der Waals surface area contributed by atoms with Gasteiger partial charge in [-0.05, 0) is 57.6 Å². The minimum absolute atomic E-state index is 0.395. The van der Waals surface area contributed by atoms with Gasteiger partial charge in [0, 0.05) is 6.04 Å². The van der Waals surface area contributed by atoms with Crippen LogP contribution in [0.25, 0.3) is 0 Å². The third-order valence-corrected chi connectivity index (χ3v) is 4.27. The zero-order valence-electron chi connectivity index (χ0n) is 11.3. The van der Waals surface area contributed by atoms with Gasteiger partial charge in [-0.2, -0.15) is 4.80 Å². The molecule has 1 aromatic heterocycles. The van der Waals surface area contributed by atoms with E-state index in [1.54, 1.807) is 4.80 Å². The summed E-state index contributed by atoms with van der Waals surface area (Å²) in [7, 11) is 4.05. The van der Waals surface area contributed by atoms with Crippen LogP contribution < -0.4 is 0 Å². The number of rotatable bonds is 2. The van der Waals surface area contributed by atoms with E-state index in [1.807, 2.05) is 7.05 Å². The Bertz CT molecular complexity index is 395. The molecule has 2 aliphatic heterocycles. The van der Waals surface area contributed by atoms with Crippen molar-refractivity contribution in [3.8, 4) is 0 Å². The Morgan fingerprint density at radius 2 is 1.83 bits per heavy atom. The van der Waals surface area contributed by atoms with Crippen molar-refractivity contribution >= 4 is 0 Å². The van der Waals surface area contributed by atoms with E-state index in [-0.39, 0.29) is 0 Å². The van der Waals surface area contributed by atoms with Crippen molar-refractivity contribution < 1.29 is 0 Å². The Morgan fingerprint density at radius 1 is 1.06 bits per heavy atom. The molecule has 3 rings (SSSR count). The Hall–Kier alpha value is -1.01. The molecule has 1 aromatic rings. The number of nitrogens with zero attached hydrogens (tertiary/aromatic N) is 6. The van der Waals surface area contributed by atoms with E-state index < -0.39 is 0 Å². The molecule has 0 N–H and O–H groups in total. The van der Waals surface area contributed by atoms with Gasteiger partial charge < -0.3 is 4.90 Å². The van der Waals surface area contributed by atoms with Crippen molar-refractivity contribution in [2.45, 2.75) is 37.8 Å². The van der Waals surface area contributed by atoms with Crippen LogP contribution in [0.3, 0.4) is 0 Å². The molecule has 0 saturated carbocycles. The summed E-state index contributed by atoms with van der Waals surface area (Å²) in [4.78, 5) is 6.60. The summed E-state index contributed by atoms with van der Waals surface area (Å²) in [6.45, 7) is 3.61. The summed E-state index contributed by atoms with van der Waals surface area (Å²) in [6, 6.07) is 1.10. The summed E-state index contributed by atoms with van der Waals surface area (Å²) >= 11 is 0. The third kappa shape index (κ3) is 2.27. The summed E-state index contributed by atoms with van der Waals surface area (Å²) in [5, 5.41) is 12.6. The maximum atomic E-state index is 4.40. The lowest BCUT2D eigenvalue weighted by molar-refractivity contribution is 0.107. The number of hydrogen-bond donors (Lipinski definition) is 0. The number of likely N-dealkylation sites (tertiary alicyclic amines) is 2. The van der Waals surface area contributed by atoms with Crippen LogP contribution in [0.2, 0.25) is 0 Å². The summed E-state index contributed by atoms with van der Waals surface area (Å²) in [5.74, 6) is 0.911. The predicted octanol–water partition coefficient (Wildman–Crippen LogP) is 0.441. The highest BCUT2D eigenvalue weighted by Crippen LogP contribution is 2.34. The molecular formula is C12H22N6. The van der Waals surface area contributed by atoms with Gasteiger partial charge in [0.05, 0.1) is 13.1 Å². The molecule has 1 unspecified atom stereocenters. The second-order valence-electron chi connectivity index (χ2n) is 5.57. The van der Waals surface area contributed by atoms with Gasteiger partial charge in [-0.25, -0.2) is 0 Å². The second-order valence-corrected chi connectivity index (χ2v) is 5.57.